The number of hydrogen-bond donors (Lipinski definition) is 2. The fraction of sp³-hybridized carbons (Fsp3) is 0.235. The van der Waals surface area contributed by atoms with Crippen molar-refractivity contribution in [2.75, 3.05) is 17.2 Å². The Morgan fingerprint density at radius 3 is 2.43 bits per heavy atom. The van der Waals surface area contributed by atoms with E-state index in [2.05, 4.69) is 10.6 Å². The van der Waals surface area contributed by atoms with E-state index in [0.29, 0.717) is 12.2 Å². The van der Waals surface area contributed by atoms with Crippen molar-refractivity contribution in [1.29, 1.82) is 0 Å². The number of benzene rings is 2. The molecule has 0 saturated carbocycles. The second kappa shape index (κ2) is 7.40. The van der Waals surface area contributed by atoms with Crippen molar-refractivity contribution in [2.24, 2.45) is 0 Å². The van der Waals surface area contributed by atoms with E-state index < -0.39 is 4.92 Å². The van der Waals surface area contributed by atoms with Crippen molar-refractivity contribution in [1.82, 2.24) is 0 Å². The van der Waals surface area contributed by atoms with Gasteiger partial charge >= 0.3 is 0 Å². The maximum atomic E-state index is 12.0. The Balaban J connectivity index is 1.89. The summed E-state index contributed by atoms with van der Waals surface area (Å²) in [6.07, 6.45) is 0.221. The summed E-state index contributed by atoms with van der Waals surface area (Å²) in [6, 6.07) is 12.2. The van der Waals surface area contributed by atoms with Gasteiger partial charge in [-0.2, -0.15) is 0 Å². The van der Waals surface area contributed by atoms with Crippen LogP contribution in [-0.2, 0) is 4.79 Å². The standard InChI is InChI=1S/C17H19N3O3/c1-12-9-13(2)11-14(10-12)19-17(21)7-8-18-15-5-3-4-6-16(15)20(22)23/h3-6,9-11,18H,7-8H2,1-2H3,(H,19,21). The van der Waals surface area contributed by atoms with Gasteiger partial charge < -0.3 is 10.6 Å². The van der Waals surface area contributed by atoms with Gasteiger partial charge in [0.05, 0.1) is 4.92 Å². The van der Waals surface area contributed by atoms with E-state index in [4.69, 9.17) is 0 Å². The van der Waals surface area contributed by atoms with Crippen LogP contribution in [-0.4, -0.2) is 17.4 Å². The zero-order valence-electron chi connectivity index (χ0n) is 13.1. The van der Waals surface area contributed by atoms with Gasteiger partial charge in [0.25, 0.3) is 5.69 Å². The van der Waals surface area contributed by atoms with Crippen LogP contribution in [0.3, 0.4) is 0 Å². The van der Waals surface area contributed by atoms with E-state index in [1.54, 1.807) is 18.2 Å². The van der Waals surface area contributed by atoms with Gasteiger partial charge in [0.2, 0.25) is 5.91 Å². The highest BCUT2D eigenvalue weighted by molar-refractivity contribution is 5.91. The molecule has 6 nitrogen and oxygen atoms in total. The molecule has 0 fully saturated rings. The number of nitrogens with one attached hydrogen (secondary N) is 2. The molecule has 1 amide bonds. The highest BCUT2D eigenvalue weighted by Gasteiger charge is 2.12. The Morgan fingerprint density at radius 1 is 1.13 bits per heavy atom. The fourth-order valence-corrected chi connectivity index (χ4v) is 2.36. The second-order valence-electron chi connectivity index (χ2n) is 5.38. The number of anilines is 2. The fourth-order valence-electron chi connectivity index (χ4n) is 2.36. The SMILES string of the molecule is Cc1cc(C)cc(NC(=O)CCNc2ccccc2[N+](=O)[O-])c1. The lowest BCUT2D eigenvalue weighted by molar-refractivity contribution is -0.384. The molecule has 0 heterocycles. The molecule has 23 heavy (non-hydrogen) atoms. The lowest BCUT2D eigenvalue weighted by Gasteiger charge is -2.09. The minimum absolute atomic E-state index is 0.00205. The number of amides is 1. The third-order valence-corrected chi connectivity index (χ3v) is 3.27. The molecule has 0 saturated heterocycles. The summed E-state index contributed by atoms with van der Waals surface area (Å²) in [7, 11) is 0. The quantitative estimate of drug-likeness (QED) is 0.629. The molecule has 0 aliphatic carbocycles. The molecule has 0 radical (unpaired) electrons. The van der Waals surface area contributed by atoms with Gasteiger partial charge in [-0.3, -0.25) is 14.9 Å². The summed E-state index contributed by atoms with van der Waals surface area (Å²) in [5.41, 5.74) is 3.34. The largest absolute Gasteiger partial charge is 0.379 e. The lowest BCUT2D eigenvalue weighted by Crippen LogP contribution is -2.16. The van der Waals surface area contributed by atoms with Crippen LogP contribution in [0.4, 0.5) is 17.1 Å². The van der Waals surface area contributed by atoms with Crippen LogP contribution < -0.4 is 10.6 Å². The zero-order valence-corrected chi connectivity index (χ0v) is 13.1. The lowest BCUT2D eigenvalue weighted by atomic mass is 10.1. The number of carbonyl (C=O) groups is 1. The molecular weight excluding hydrogens is 294 g/mol. The number of nitrogens with zero attached hydrogens (tertiary/aromatic N) is 1. The first kappa shape index (κ1) is 16.5. The molecular formula is C17H19N3O3. The first-order valence-electron chi connectivity index (χ1n) is 7.31. The van der Waals surface area contributed by atoms with Crippen LogP contribution >= 0.6 is 0 Å². The van der Waals surface area contributed by atoms with Gasteiger partial charge in [-0.15, -0.1) is 0 Å². The van der Waals surface area contributed by atoms with Crippen molar-refractivity contribution in [2.45, 2.75) is 20.3 Å². The molecule has 2 N–H and O–H groups in total. The Labute approximate surface area is 134 Å². The summed E-state index contributed by atoms with van der Waals surface area (Å²) in [4.78, 5) is 22.4. The molecule has 0 aromatic heterocycles. The van der Waals surface area contributed by atoms with E-state index >= 15 is 0 Å². The molecule has 120 valence electrons. The third-order valence-electron chi connectivity index (χ3n) is 3.27. The number of hydrogen-bond acceptors (Lipinski definition) is 4. The maximum absolute atomic E-state index is 12.0. The molecule has 6 heteroatoms. The van der Waals surface area contributed by atoms with Crippen molar-refractivity contribution >= 4 is 23.0 Å². The summed E-state index contributed by atoms with van der Waals surface area (Å²) in [5.74, 6) is -0.138. The van der Waals surface area contributed by atoms with Crippen LogP contribution in [0.25, 0.3) is 0 Å². The van der Waals surface area contributed by atoms with E-state index in [0.717, 1.165) is 16.8 Å². The van der Waals surface area contributed by atoms with Gasteiger partial charge in [-0.1, -0.05) is 18.2 Å². The Hall–Kier alpha value is -2.89. The molecule has 0 unspecified atom stereocenters. The van der Waals surface area contributed by atoms with Gasteiger partial charge in [0.1, 0.15) is 5.69 Å². The van der Waals surface area contributed by atoms with E-state index in [1.807, 2.05) is 32.0 Å². The van der Waals surface area contributed by atoms with Gasteiger partial charge in [0, 0.05) is 24.7 Å². The number of nitro groups is 1. The Morgan fingerprint density at radius 2 is 1.78 bits per heavy atom. The van der Waals surface area contributed by atoms with Crippen LogP contribution in [0.5, 0.6) is 0 Å². The van der Waals surface area contributed by atoms with E-state index in [-0.39, 0.29) is 18.0 Å². The first-order valence-corrected chi connectivity index (χ1v) is 7.31. The van der Waals surface area contributed by atoms with Gasteiger partial charge in [0.15, 0.2) is 0 Å². The minimum Gasteiger partial charge on any atom is -0.379 e. The molecule has 2 rings (SSSR count). The molecule has 0 atom stereocenters. The van der Waals surface area contributed by atoms with Crippen molar-refractivity contribution in [3.63, 3.8) is 0 Å². The normalized spacial score (nSPS) is 10.2. The number of rotatable bonds is 6. The second-order valence-corrected chi connectivity index (χ2v) is 5.38. The topological polar surface area (TPSA) is 84.3 Å². The number of para-hydroxylation sites is 2. The van der Waals surface area contributed by atoms with Crippen LogP contribution in [0.15, 0.2) is 42.5 Å². The van der Waals surface area contributed by atoms with Crippen molar-refractivity contribution < 1.29 is 9.72 Å². The first-order chi connectivity index (χ1) is 11.0. The maximum Gasteiger partial charge on any atom is 0.292 e. The Bertz CT molecular complexity index is 709. The van der Waals surface area contributed by atoms with Gasteiger partial charge in [-0.25, -0.2) is 0 Å². The average Bonchev–Trinajstić information content (AvgIpc) is 2.46. The summed E-state index contributed by atoms with van der Waals surface area (Å²) in [6.45, 7) is 4.26. The molecule has 0 aliphatic rings. The van der Waals surface area contributed by atoms with Crippen LogP contribution in [0, 0.1) is 24.0 Å². The van der Waals surface area contributed by atoms with E-state index in [9.17, 15) is 14.9 Å². The smallest absolute Gasteiger partial charge is 0.292 e. The third kappa shape index (κ3) is 4.81. The number of carbonyl (C=O) groups excluding carboxylic acids is 1. The molecule has 0 bridgehead atoms. The Kier molecular flexibility index (Phi) is 5.30. The molecule has 0 spiro atoms. The van der Waals surface area contributed by atoms with Crippen molar-refractivity contribution in [3.8, 4) is 0 Å². The van der Waals surface area contributed by atoms with Gasteiger partial charge in [-0.05, 0) is 43.2 Å². The number of aryl methyl sites for hydroxylation is 2. The van der Waals surface area contributed by atoms with Crippen LogP contribution in [0.2, 0.25) is 0 Å². The highest BCUT2D eigenvalue weighted by Crippen LogP contribution is 2.23. The van der Waals surface area contributed by atoms with Crippen LogP contribution in [0.1, 0.15) is 17.5 Å². The number of nitro benzene ring substituents is 1. The molecule has 2 aromatic rings. The summed E-state index contributed by atoms with van der Waals surface area (Å²) in [5, 5.41) is 16.7. The summed E-state index contributed by atoms with van der Waals surface area (Å²) < 4.78 is 0. The van der Waals surface area contributed by atoms with Crippen molar-refractivity contribution in [3.05, 3.63) is 63.7 Å². The summed E-state index contributed by atoms with van der Waals surface area (Å²) >= 11 is 0. The minimum atomic E-state index is -0.447. The average molecular weight is 313 g/mol. The molecule has 2 aromatic carbocycles. The zero-order chi connectivity index (χ0) is 16.8. The predicted octanol–water partition coefficient (Wildman–Crippen LogP) is 3.65. The highest BCUT2D eigenvalue weighted by atomic mass is 16.6. The monoisotopic (exact) mass is 313 g/mol. The molecule has 0 aliphatic heterocycles. The predicted molar refractivity (Wildman–Crippen MR) is 90.7 cm³/mol. The van der Waals surface area contributed by atoms with E-state index in [1.165, 1.54) is 6.07 Å².